The van der Waals surface area contributed by atoms with Crippen molar-refractivity contribution in [3.63, 3.8) is 0 Å². The van der Waals surface area contributed by atoms with Crippen LogP contribution in [-0.2, 0) is 0 Å². The molecule has 2 aliphatic rings. The number of amidine groups is 1. The summed E-state index contributed by atoms with van der Waals surface area (Å²) in [4.78, 5) is 33.2. The van der Waals surface area contributed by atoms with Crippen molar-refractivity contribution in [2.24, 2.45) is 15.0 Å². The molecule has 2 aliphatic heterocycles. The zero-order chi connectivity index (χ0) is 34.3. The van der Waals surface area contributed by atoms with Gasteiger partial charge in [-0.3, -0.25) is 4.99 Å². The van der Waals surface area contributed by atoms with Gasteiger partial charge in [0, 0.05) is 39.0 Å². The normalized spacial score (nSPS) is 13.3. The van der Waals surface area contributed by atoms with E-state index in [2.05, 4.69) is 125 Å². The molecule has 0 saturated heterocycles. The van der Waals surface area contributed by atoms with Gasteiger partial charge in [-0.25, -0.2) is 24.9 Å². The standard InChI is InChI=1S/C41H28N8OS/c1-42-23-45-40(43-2)26-19-29-28(30(20-26)41-46-24-44-25-47-41)21-27(48-33-13-5-9-17-38(33)51-39-18-10-6-14-34(39)48)22-35(29)49-31-11-3-7-15-36(31)50-37-16-8-4-12-32(37)49/h3-25H,2H2,1H3. The molecule has 0 N–H and O–H groups in total. The highest BCUT2D eigenvalue weighted by molar-refractivity contribution is 7.99. The molecular formula is C41H28N8OS. The van der Waals surface area contributed by atoms with Crippen LogP contribution in [0.5, 0.6) is 11.5 Å². The first-order valence-corrected chi connectivity index (χ1v) is 17.1. The van der Waals surface area contributed by atoms with E-state index in [-0.39, 0.29) is 0 Å². The summed E-state index contributed by atoms with van der Waals surface area (Å²) in [6.07, 6.45) is 4.50. The second-order valence-electron chi connectivity index (χ2n) is 11.8. The van der Waals surface area contributed by atoms with Crippen molar-refractivity contribution in [2.75, 3.05) is 16.8 Å². The fourth-order valence-electron chi connectivity index (χ4n) is 6.70. The minimum atomic E-state index is 0.423. The molecule has 0 saturated carbocycles. The molecule has 0 atom stereocenters. The molecule has 1 aromatic heterocycles. The average Bonchev–Trinajstić information content (AvgIpc) is 3.19. The molecule has 0 aliphatic carbocycles. The van der Waals surface area contributed by atoms with Gasteiger partial charge in [-0.1, -0.05) is 60.3 Å². The van der Waals surface area contributed by atoms with E-state index in [1.807, 2.05) is 42.5 Å². The second kappa shape index (κ2) is 12.7. The number of aromatic nitrogens is 3. The van der Waals surface area contributed by atoms with Crippen LogP contribution in [-0.4, -0.2) is 40.9 Å². The van der Waals surface area contributed by atoms with Crippen molar-refractivity contribution >= 4 is 75.6 Å². The number of nitrogens with zero attached hydrogens (tertiary/aromatic N) is 8. The first-order valence-electron chi connectivity index (χ1n) is 16.2. The minimum Gasteiger partial charge on any atom is -0.453 e. The molecular weight excluding hydrogens is 653 g/mol. The summed E-state index contributed by atoms with van der Waals surface area (Å²) in [6.45, 7) is 3.84. The molecule has 0 bridgehead atoms. The Balaban J connectivity index is 1.43. The summed E-state index contributed by atoms with van der Waals surface area (Å²) in [5.41, 5.74) is 7.42. The lowest BCUT2D eigenvalue weighted by molar-refractivity contribution is 0.477. The van der Waals surface area contributed by atoms with E-state index in [1.54, 1.807) is 18.8 Å². The van der Waals surface area contributed by atoms with Gasteiger partial charge in [0.15, 0.2) is 23.2 Å². The fourth-order valence-corrected chi connectivity index (χ4v) is 7.76. The quantitative estimate of drug-likeness (QED) is 0.132. The molecule has 10 heteroatoms. The molecule has 51 heavy (non-hydrogen) atoms. The molecule has 0 amide bonds. The van der Waals surface area contributed by atoms with E-state index in [1.165, 1.54) is 28.8 Å². The van der Waals surface area contributed by atoms with E-state index >= 15 is 0 Å². The van der Waals surface area contributed by atoms with Crippen molar-refractivity contribution in [1.82, 2.24) is 15.0 Å². The van der Waals surface area contributed by atoms with Gasteiger partial charge in [-0.05, 0) is 84.9 Å². The Hall–Kier alpha value is -6.65. The number of rotatable bonds is 5. The molecule has 6 aromatic carbocycles. The van der Waals surface area contributed by atoms with Crippen LogP contribution in [0.15, 0.2) is 159 Å². The molecule has 0 unspecified atom stereocenters. The topological polar surface area (TPSA) is 91.5 Å². The van der Waals surface area contributed by atoms with Crippen LogP contribution in [0, 0.1) is 0 Å². The Kier molecular flexibility index (Phi) is 7.55. The molecule has 7 aromatic rings. The largest absolute Gasteiger partial charge is 0.453 e. The number of aliphatic imine (C=N–C) groups is 3. The van der Waals surface area contributed by atoms with Crippen LogP contribution in [0.4, 0.5) is 34.1 Å². The van der Waals surface area contributed by atoms with Gasteiger partial charge in [0.25, 0.3) is 0 Å². The van der Waals surface area contributed by atoms with Crippen LogP contribution >= 0.6 is 11.8 Å². The fraction of sp³-hybridized carbons (Fsp3) is 0.0244. The number of hydrogen-bond acceptors (Lipinski definition) is 8. The van der Waals surface area contributed by atoms with Gasteiger partial charge in [-0.15, -0.1) is 0 Å². The van der Waals surface area contributed by atoms with E-state index in [4.69, 9.17) is 4.74 Å². The van der Waals surface area contributed by atoms with Crippen molar-refractivity contribution in [3.8, 4) is 22.9 Å². The average molecular weight is 681 g/mol. The predicted molar refractivity (Wildman–Crippen MR) is 207 cm³/mol. The Labute approximate surface area is 298 Å². The lowest BCUT2D eigenvalue weighted by Crippen LogP contribution is -2.18. The van der Waals surface area contributed by atoms with E-state index in [9.17, 15) is 0 Å². The van der Waals surface area contributed by atoms with Crippen LogP contribution in [0.3, 0.4) is 0 Å². The third kappa shape index (κ3) is 5.20. The number of fused-ring (bicyclic) bond motifs is 5. The lowest BCUT2D eigenvalue weighted by atomic mass is 9.95. The zero-order valence-electron chi connectivity index (χ0n) is 27.4. The number of ether oxygens (including phenoxy) is 1. The van der Waals surface area contributed by atoms with Crippen LogP contribution in [0.2, 0.25) is 0 Å². The van der Waals surface area contributed by atoms with E-state index in [0.717, 1.165) is 67.5 Å². The third-order valence-electron chi connectivity index (χ3n) is 8.83. The molecule has 3 heterocycles. The molecule has 0 fully saturated rings. The smallest absolute Gasteiger partial charge is 0.163 e. The SMILES string of the molecule is C=NC(=NC=NC)c1cc(-c2ncncn2)c2cc(N3c4ccccc4Sc4ccccc43)cc(N3c4ccccc4Oc4ccccc43)c2c1. The molecule has 0 radical (unpaired) electrons. The van der Waals surface area contributed by atoms with Crippen LogP contribution in [0.25, 0.3) is 22.2 Å². The van der Waals surface area contributed by atoms with Gasteiger partial charge < -0.3 is 14.5 Å². The summed E-state index contributed by atoms with van der Waals surface area (Å²) in [7, 11) is 1.67. The summed E-state index contributed by atoms with van der Waals surface area (Å²) in [5.74, 6) is 2.45. The third-order valence-corrected chi connectivity index (χ3v) is 9.96. The molecule has 0 spiro atoms. The molecule has 244 valence electrons. The highest BCUT2D eigenvalue weighted by Crippen LogP contribution is 2.56. The summed E-state index contributed by atoms with van der Waals surface area (Å²) >= 11 is 1.78. The summed E-state index contributed by atoms with van der Waals surface area (Å²) < 4.78 is 6.46. The lowest BCUT2D eigenvalue weighted by Gasteiger charge is -2.36. The van der Waals surface area contributed by atoms with Crippen molar-refractivity contribution in [3.05, 3.63) is 140 Å². The zero-order valence-corrected chi connectivity index (χ0v) is 28.2. The van der Waals surface area contributed by atoms with Crippen LogP contribution in [0.1, 0.15) is 5.56 Å². The summed E-state index contributed by atoms with van der Waals surface area (Å²) in [5, 5.41) is 1.86. The maximum atomic E-state index is 6.46. The van der Waals surface area contributed by atoms with Crippen LogP contribution < -0.4 is 14.5 Å². The van der Waals surface area contributed by atoms with Gasteiger partial charge in [-0.2, -0.15) is 0 Å². The van der Waals surface area contributed by atoms with Gasteiger partial charge in [0.05, 0.1) is 28.4 Å². The van der Waals surface area contributed by atoms with Crippen molar-refractivity contribution < 1.29 is 4.74 Å². The number of para-hydroxylation sites is 6. The Morgan fingerprint density at radius 2 is 1.29 bits per heavy atom. The highest BCUT2D eigenvalue weighted by Gasteiger charge is 2.31. The Morgan fingerprint density at radius 1 is 0.686 bits per heavy atom. The minimum absolute atomic E-state index is 0.423. The first-order chi connectivity index (χ1) is 25.2. The Bertz CT molecular complexity index is 2460. The predicted octanol–water partition coefficient (Wildman–Crippen LogP) is 10.3. The monoisotopic (exact) mass is 680 g/mol. The first kappa shape index (κ1) is 30.4. The number of hydrogen-bond donors (Lipinski definition) is 0. The van der Waals surface area contributed by atoms with Gasteiger partial charge in [0.1, 0.15) is 19.0 Å². The number of anilines is 6. The van der Waals surface area contributed by atoms with E-state index in [0.29, 0.717) is 11.7 Å². The van der Waals surface area contributed by atoms with Gasteiger partial charge >= 0.3 is 0 Å². The van der Waals surface area contributed by atoms with Crippen molar-refractivity contribution in [2.45, 2.75) is 9.79 Å². The second-order valence-corrected chi connectivity index (χ2v) is 12.9. The highest BCUT2D eigenvalue weighted by atomic mass is 32.2. The number of benzene rings is 6. The van der Waals surface area contributed by atoms with Crippen molar-refractivity contribution in [1.29, 1.82) is 0 Å². The van der Waals surface area contributed by atoms with Gasteiger partial charge in [0.2, 0.25) is 0 Å². The summed E-state index contributed by atoms with van der Waals surface area (Å²) in [6, 6.07) is 41.8. The molecule has 9 rings (SSSR count). The Morgan fingerprint density at radius 3 is 1.92 bits per heavy atom. The van der Waals surface area contributed by atoms with E-state index < -0.39 is 0 Å². The maximum Gasteiger partial charge on any atom is 0.163 e. The molecule has 9 nitrogen and oxygen atoms in total. The maximum absolute atomic E-state index is 6.46.